The van der Waals surface area contributed by atoms with E-state index in [0.717, 1.165) is 5.56 Å². The molecule has 128 valence electrons. The van der Waals surface area contributed by atoms with Gasteiger partial charge in [-0.2, -0.15) is 0 Å². The van der Waals surface area contributed by atoms with Crippen LogP contribution in [0.1, 0.15) is 18.1 Å². The molecule has 0 saturated carbocycles. The van der Waals surface area contributed by atoms with Crippen LogP contribution in [0.5, 0.6) is 0 Å². The van der Waals surface area contributed by atoms with E-state index in [1.165, 1.54) is 18.0 Å². The number of nitrogens with zero attached hydrogens (tertiary/aromatic N) is 3. The fourth-order valence-electron chi connectivity index (χ4n) is 2.61. The number of nitro groups is 1. The molecule has 25 heavy (non-hydrogen) atoms. The monoisotopic (exact) mass is 337 g/mol. The van der Waals surface area contributed by atoms with Gasteiger partial charge in [0.25, 0.3) is 5.69 Å². The minimum Gasteiger partial charge on any atom is -0.380 e. The lowest BCUT2D eigenvalue weighted by atomic mass is 10.1. The van der Waals surface area contributed by atoms with E-state index in [2.05, 4.69) is 20.6 Å². The van der Waals surface area contributed by atoms with Crippen LogP contribution in [-0.2, 0) is 6.54 Å². The van der Waals surface area contributed by atoms with Gasteiger partial charge in [0.15, 0.2) is 0 Å². The summed E-state index contributed by atoms with van der Waals surface area (Å²) in [6, 6.07) is 11.4. The van der Waals surface area contributed by atoms with Crippen molar-refractivity contribution in [3.8, 4) is 0 Å². The van der Waals surface area contributed by atoms with Gasteiger partial charge in [-0.15, -0.1) is 0 Å². The van der Waals surface area contributed by atoms with E-state index in [4.69, 9.17) is 0 Å². The van der Waals surface area contributed by atoms with Gasteiger partial charge >= 0.3 is 0 Å². The molecule has 7 heteroatoms. The first-order chi connectivity index (χ1) is 12.1. The zero-order valence-electron chi connectivity index (χ0n) is 14.1. The maximum Gasteiger partial charge on any atom is 0.293 e. The van der Waals surface area contributed by atoms with Gasteiger partial charge in [0.05, 0.1) is 10.4 Å². The number of benzene rings is 2. The second kappa shape index (κ2) is 7.12. The highest BCUT2D eigenvalue weighted by Gasteiger charge is 2.17. The molecule has 0 unspecified atom stereocenters. The zero-order valence-corrected chi connectivity index (χ0v) is 14.1. The van der Waals surface area contributed by atoms with Gasteiger partial charge in [-0.25, -0.2) is 9.97 Å². The molecule has 1 aromatic heterocycles. The van der Waals surface area contributed by atoms with Crippen molar-refractivity contribution < 1.29 is 4.92 Å². The fourth-order valence-corrected chi connectivity index (χ4v) is 2.61. The maximum atomic E-state index is 11.4. The Hall–Kier alpha value is -3.22. The lowest BCUT2D eigenvalue weighted by Gasteiger charge is -2.11. The standard InChI is InChI=1S/C18H19N5O2/c1-3-19-16-9-15-14(8-17(16)23(24)25)18(22-11-21-15)20-10-13-6-4-12(2)5-7-13/h4-9,11,19H,3,10H2,1-2H3,(H,20,21,22). The van der Waals surface area contributed by atoms with E-state index in [1.54, 1.807) is 6.07 Å². The molecule has 0 saturated heterocycles. The van der Waals surface area contributed by atoms with E-state index < -0.39 is 4.92 Å². The van der Waals surface area contributed by atoms with Crippen molar-refractivity contribution in [1.82, 2.24) is 9.97 Å². The van der Waals surface area contributed by atoms with Crippen molar-refractivity contribution in [3.05, 3.63) is 64.0 Å². The SMILES string of the molecule is CCNc1cc2ncnc(NCc3ccc(C)cc3)c2cc1[N+](=O)[O-]. The van der Waals surface area contributed by atoms with E-state index in [-0.39, 0.29) is 5.69 Å². The maximum absolute atomic E-state index is 11.4. The number of aryl methyl sites for hydroxylation is 1. The Morgan fingerprint density at radius 3 is 2.56 bits per heavy atom. The number of nitro benzene ring substituents is 1. The first kappa shape index (κ1) is 16.6. The summed E-state index contributed by atoms with van der Waals surface area (Å²) in [4.78, 5) is 19.5. The number of hydrogen-bond donors (Lipinski definition) is 2. The largest absolute Gasteiger partial charge is 0.380 e. The van der Waals surface area contributed by atoms with Crippen molar-refractivity contribution in [1.29, 1.82) is 0 Å². The molecule has 1 heterocycles. The Labute approximate surface area is 145 Å². The second-order valence-electron chi connectivity index (χ2n) is 5.74. The smallest absolute Gasteiger partial charge is 0.293 e. The predicted molar refractivity (Wildman–Crippen MR) is 98.9 cm³/mol. The Balaban J connectivity index is 1.96. The molecule has 3 rings (SSSR count). The molecule has 2 N–H and O–H groups in total. The molecule has 0 aliphatic heterocycles. The van der Waals surface area contributed by atoms with E-state index in [0.29, 0.717) is 35.5 Å². The molecule has 7 nitrogen and oxygen atoms in total. The molecule has 0 aliphatic carbocycles. The summed E-state index contributed by atoms with van der Waals surface area (Å²) < 4.78 is 0. The van der Waals surface area contributed by atoms with Gasteiger partial charge in [0.2, 0.25) is 0 Å². The zero-order chi connectivity index (χ0) is 17.8. The van der Waals surface area contributed by atoms with E-state index in [9.17, 15) is 10.1 Å². The Morgan fingerprint density at radius 1 is 1.12 bits per heavy atom. The number of hydrogen-bond acceptors (Lipinski definition) is 6. The highest BCUT2D eigenvalue weighted by molar-refractivity contribution is 5.94. The minimum absolute atomic E-state index is 0.0162. The molecule has 0 spiro atoms. The van der Waals surface area contributed by atoms with Crippen molar-refractivity contribution in [2.75, 3.05) is 17.2 Å². The molecule has 0 aliphatic rings. The van der Waals surface area contributed by atoms with Crippen LogP contribution in [0.3, 0.4) is 0 Å². The molecular formula is C18H19N5O2. The Kier molecular flexibility index (Phi) is 4.74. The first-order valence-corrected chi connectivity index (χ1v) is 8.05. The number of aromatic nitrogens is 2. The first-order valence-electron chi connectivity index (χ1n) is 8.05. The Morgan fingerprint density at radius 2 is 1.88 bits per heavy atom. The number of rotatable bonds is 6. The van der Waals surface area contributed by atoms with Crippen molar-refractivity contribution in [3.63, 3.8) is 0 Å². The van der Waals surface area contributed by atoms with Crippen LogP contribution in [0.15, 0.2) is 42.7 Å². The van der Waals surface area contributed by atoms with Gasteiger partial charge in [0.1, 0.15) is 17.8 Å². The van der Waals surface area contributed by atoms with Crippen LogP contribution < -0.4 is 10.6 Å². The second-order valence-corrected chi connectivity index (χ2v) is 5.74. The highest BCUT2D eigenvalue weighted by Crippen LogP contribution is 2.32. The average Bonchev–Trinajstić information content (AvgIpc) is 2.60. The molecule has 2 aromatic carbocycles. The van der Waals surface area contributed by atoms with Crippen LogP contribution >= 0.6 is 0 Å². The lowest BCUT2D eigenvalue weighted by molar-refractivity contribution is -0.383. The van der Waals surface area contributed by atoms with Crippen LogP contribution in [-0.4, -0.2) is 21.4 Å². The molecular weight excluding hydrogens is 318 g/mol. The highest BCUT2D eigenvalue weighted by atomic mass is 16.6. The number of anilines is 2. The summed E-state index contributed by atoms with van der Waals surface area (Å²) in [6.07, 6.45) is 1.46. The van der Waals surface area contributed by atoms with E-state index >= 15 is 0 Å². The summed E-state index contributed by atoms with van der Waals surface area (Å²) in [5.74, 6) is 0.580. The quantitative estimate of drug-likeness (QED) is 0.523. The summed E-state index contributed by atoms with van der Waals surface area (Å²) in [7, 11) is 0. The van der Waals surface area contributed by atoms with Gasteiger partial charge in [-0.05, 0) is 25.5 Å². The molecule has 0 atom stereocenters. The molecule has 3 aromatic rings. The van der Waals surface area contributed by atoms with Gasteiger partial charge in [-0.1, -0.05) is 29.8 Å². The third-order valence-corrected chi connectivity index (χ3v) is 3.90. The summed E-state index contributed by atoms with van der Waals surface area (Å²) in [5, 5.41) is 18.3. The van der Waals surface area contributed by atoms with Crippen LogP contribution in [0, 0.1) is 17.0 Å². The normalized spacial score (nSPS) is 10.6. The van der Waals surface area contributed by atoms with Crippen LogP contribution in [0.25, 0.3) is 10.9 Å². The van der Waals surface area contributed by atoms with Gasteiger partial charge in [0, 0.05) is 24.5 Å². The molecule has 0 amide bonds. The van der Waals surface area contributed by atoms with Gasteiger partial charge in [-0.3, -0.25) is 10.1 Å². The average molecular weight is 337 g/mol. The molecule has 0 radical (unpaired) electrons. The van der Waals surface area contributed by atoms with Gasteiger partial charge < -0.3 is 10.6 Å². The predicted octanol–water partition coefficient (Wildman–Crippen LogP) is 3.89. The third-order valence-electron chi connectivity index (χ3n) is 3.90. The lowest BCUT2D eigenvalue weighted by Crippen LogP contribution is -2.05. The molecule has 0 fully saturated rings. The van der Waals surface area contributed by atoms with Crippen molar-refractivity contribution in [2.24, 2.45) is 0 Å². The fraction of sp³-hybridized carbons (Fsp3) is 0.222. The number of nitrogens with one attached hydrogen (secondary N) is 2. The van der Waals surface area contributed by atoms with Crippen LogP contribution in [0.4, 0.5) is 17.2 Å². The topological polar surface area (TPSA) is 93.0 Å². The summed E-state index contributed by atoms with van der Waals surface area (Å²) in [5.41, 5.74) is 3.44. The van der Waals surface area contributed by atoms with Crippen molar-refractivity contribution in [2.45, 2.75) is 20.4 Å². The Bertz CT molecular complexity index is 909. The van der Waals surface area contributed by atoms with Crippen LogP contribution in [0.2, 0.25) is 0 Å². The summed E-state index contributed by atoms with van der Waals surface area (Å²) in [6.45, 7) is 5.10. The third kappa shape index (κ3) is 3.65. The molecule has 0 bridgehead atoms. The van der Waals surface area contributed by atoms with Crippen molar-refractivity contribution >= 4 is 28.1 Å². The van der Waals surface area contributed by atoms with E-state index in [1.807, 2.05) is 38.1 Å². The number of fused-ring (bicyclic) bond motifs is 1. The minimum atomic E-state index is -0.395. The summed E-state index contributed by atoms with van der Waals surface area (Å²) >= 11 is 0.